The standard InChI is InChI=1S/C40H37ClN2O4/c41-35-14-7-11-29(27-35)23-24-42-39(45)40(28-30-9-3-1-4-10-30)37(33-17-15-32(16-18-33)31-12-5-2-6-13-31)47-38(43-40)34-19-21-36(22-20-34)46-26-8-25-44/h1-7,9-22,27,37,44H,8,23-26,28H2,(H,42,45)/t37-,40-/m1/s1. The Bertz CT molecular complexity index is 1790. The highest BCUT2D eigenvalue weighted by molar-refractivity contribution is 6.30. The average Bonchev–Trinajstić information content (AvgIpc) is 3.50. The van der Waals surface area contributed by atoms with E-state index >= 15 is 0 Å². The third kappa shape index (κ3) is 7.74. The zero-order valence-electron chi connectivity index (χ0n) is 26.0. The molecule has 0 aromatic heterocycles. The predicted molar refractivity (Wildman–Crippen MR) is 187 cm³/mol. The summed E-state index contributed by atoms with van der Waals surface area (Å²) < 4.78 is 12.4. The molecule has 6 rings (SSSR count). The number of amides is 1. The lowest BCUT2D eigenvalue weighted by Gasteiger charge is -2.31. The van der Waals surface area contributed by atoms with Gasteiger partial charge in [-0.15, -0.1) is 0 Å². The van der Waals surface area contributed by atoms with Crippen molar-refractivity contribution in [1.82, 2.24) is 5.32 Å². The molecule has 6 nitrogen and oxygen atoms in total. The van der Waals surface area contributed by atoms with Crippen LogP contribution in [0.4, 0.5) is 0 Å². The summed E-state index contributed by atoms with van der Waals surface area (Å²) >= 11 is 6.22. The van der Waals surface area contributed by atoms with Crippen LogP contribution in [0.2, 0.25) is 5.02 Å². The van der Waals surface area contributed by atoms with Crippen LogP contribution < -0.4 is 10.1 Å². The molecular weight excluding hydrogens is 608 g/mol. The molecule has 5 aromatic carbocycles. The molecule has 7 heteroatoms. The zero-order valence-corrected chi connectivity index (χ0v) is 26.8. The molecule has 2 N–H and O–H groups in total. The Morgan fingerprint density at radius 1 is 0.809 bits per heavy atom. The van der Waals surface area contributed by atoms with E-state index in [2.05, 4.69) is 29.6 Å². The van der Waals surface area contributed by atoms with Gasteiger partial charge in [0, 0.05) is 36.6 Å². The highest BCUT2D eigenvalue weighted by Crippen LogP contribution is 2.43. The maximum Gasteiger partial charge on any atom is 0.252 e. The first-order valence-electron chi connectivity index (χ1n) is 15.9. The van der Waals surface area contributed by atoms with Crippen LogP contribution in [0.1, 0.15) is 34.8 Å². The van der Waals surface area contributed by atoms with E-state index in [1.165, 1.54) is 0 Å². The van der Waals surface area contributed by atoms with E-state index in [0.717, 1.165) is 33.4 Å². The number of carbonyl (C=O) groups is 1. The van der Waals surface area contributed by atoms with E-state index in [1.807, 2.05) is 109 Å². The van der Waals surface area contributed by atoms with Crippen LogP contribution in [0.15, 0.2) is 138 Å². The Morgan fingerprint density at radius 2 is 1.47 bits per heavy atom. The SMILES string of the molecule is O=C(NCCc1cccc(Cl)c1)[C@]1(Cc2ccccc2)N=C(c2ccc(OCCCO)cc2)O[C@@H]1c1ccc(-c2ccccc2)cc1. The number of carbonyl (C=O) groups excluding carboxylic acids is 1. The summed E-state index contributed by atoms with van der Waals surface area (Å²) in [5.41, 5.74) is 4.51. The third-order valence-corrected chi connectivity index (χ3v) is 8.49. The number of benzene rings is 5. The lowest BCUT2D eigenvalue weighted by atomic mass is 9.81. The molecule has 5 aromatic rings. The summed E-state index contributed by atoms with van der Waals surface area (Å²) in [6.45, 7) is 0.908. The van der Waals surface area contributed by atoms with Gasteiger partial charge in [0.1, 0.15) is 5.75 Å². The number of nitrogens with one attached hydrogen (secondary N) is 1. The number of rotatable bonds is 13. The normalized spacial score (nSPS) is 17.1. The van der Waals surface area contributed by atoms with Crippen LogP contribution >= 0.6 is 11.6 Å². The van der Waals surface area contributed by atoms with Gasteiger partial charge in [0.05, 0.1) is 6.61 Å². The quantitative estimate of drug-likeness (QED) is 0.129. The van der Waals surface area contributed by atoms with Crippen molar-refractivity contribution < 1.29 is 19.4 Å². The van der Waals surface area contributed by atoms with E-state index in [4.69, 9.17) is 31.2 Å². The lowest BCUT2D eigenvalue weighted by Crippen LogP contribution is -2.50. The van der Waals surface area contributed by atoms with Crippen molar-refractivity contribution >= 4 is 23.4 Å². The van der Waals surface area contributed by atoms with Crippen molar-refractivity contribution in [2.45, 2.75) is 30.9 Å². The molecule has 1 aliphatic rings. The minimum Gasteiger partial charge on any atom is -0.494 e. The molecule has 2 atom stereocenters. The molecule has 0 aliphatic carbocycles. The number of hydrogen-bond acceptors (Lipinski definition) is 5. The lowest BCUT2D eigenvalue weighted by molar-refractivity contribution is -0.128. The van der Waals surface area contributed by atoms with E-state index in [0.29, 0.717) is 49.1 Å². The summed E-state index contributed by atoms with van der Waals surface area (Å²) in [4.78, 5) is 19.7. The monoisotopic (exact) mass is 644 g/mol. The van der Waals surface area contributed by atoms with Gasteiger partial charge in [-0.05, 0) is 70.6 Å². The second-order valence-corrected chi connectivity index (χ2v) is 12.0. The van der Waals surface area contributed by atoms with Crippen molar-refractivity contribution in [3.8, 4) is 16.9 Å². The van der Waals surface area contributed by atoms with Gasteiger partial charge in [-0.25, -0.2) is 4.99 Å². The van der Waals surface area contributed by atoms with Crippen molar-refractivity contribution in [3.05, 3.63) is 161 Å². The molecule has 0 saturated heterocycles. The van der Waals surface area contributed by atoms with E-state index < -0.39 is 11.6 Å². The molecule has 1 aliphatic heterocycles. The van der Waals surface area contributed by atoms with Crippen molar-refractivity contribution in [1.29, 1.82) is 0 Å². The summed E-state index contributed by atoms with van der Waals surface area (Å²) in [5.74, 6) is 0.868. The van der Waals surface area contributed by atoms with E-state index in [9.17, 15) is 4.79 Å². The molecule has 0 bridgehead atoms. The highest BCUT2D eigenvalue weighted by Gasteiger charge is 2.53. The molecule has 47 heavy (non-hydrogen) atoms. The summed E-state index contributed by atoms with van der Waals surface area (Å²) in [6, 6.07) is 43.5. The van der Waals surface area contributed by atoms with Crippen LogP contribution in [0.25, 0.3) is 11.1 Å². The van der Waals surface area contributed by atoms with Gasteiger partial charge in [-0.2, -0.15) is 0 Å². The highest BCUT2D eigenvalue weighted by atomic mass is 35.5. The van der Waals surface area contributed by atoms with Crippen LogP contribution in [0, 0.1) is 0 Å². The van der Waals surface area contributed by atoms with Crippen molar-refractivity contribution in [3.63, 3.8) is 0 Å². The molecule has 0 saturated carbocycles. The third-order valence-electron chi connectivity index (χ3n) is 8.26. The smallest absolute Gasteiger partial charge is 0.252 e. The molecule has 0 radical (unpaired) electrons. The maximum atomic E-state index is 14.5. The average molecular weight is 645 g/mol. The van der Waals surface area contributed by atoms with Crippen LogP contribution in [0.3, 0.4) is 0 Å². The predicted octanol–water partition coefficient (Wildman–Crippen LogP) is 7.63. The van der Waals surface area contributed by atoms with Gasteiger partial charge in [-0.1, -0.05) is 109 Å². The van der Waals surface area contributed by atoms with Crippen LogP contribution in [0.5, 0.6) is 5.75 Å². The number of aliphatic hydroxyl groups is 1. The second kappa shape index (κ2) is 15.1. The molecular formula is C40H37ClN2O4. The van der Waals surface area contributed by atoms with E-state index in [1.54, 1.807) is 0 Å². The Labute approximate surface area is 280 Å². The Balaban J connectivity index is 1.36. The van der Waals surface area contributed by atoms with Crippen LogP contribution in [-0.2, 0) is 22.4 Å². The largest absolute Gasteiger partial charge is 0.494 e. The minimum atomic E-state index is -1.28. The van der Waals surface area contributed by atoms with Gasteiger partial charge in [0.15, 0.2) is 11.6 Å². The summed E-state index contributed by atoms with van der Waals surface area (Å²) in [5, 5.41) is 13.0. The number of halogens is 1. The van der Waals surface area contributed by atoms with Crippen molar-refractivity contribution in [2.24, 2.45) is 4.99 Å². The number of aliphatic hydroxyl groups excluding tert-OH is 1. The molecule has 0 unspecified atom stereocenters. The Hall–Kier alpha value is -4.91. The van der Waals surface area contributed by atoms with Gasteiger partial charge in [0.25, 0.3) is 5.91 Å². The van der Waals surface area contributed by atoms with E-state index in [-0.39, 0.29) is 12.5 Å². The summed E-state index contributed by atoms with van der Waals surface area (Å²) in [7, 11) is 0. The fourth-order valence-electron chi connectivity index (χ4n) is 5.84. The maximum absolute atomic E-state index is 14.5. The topological polar surface area (TPSA) is 80.2 Å². The first-order valence-corrected chi connectivity index (χ1v) is 16.2. The molecule has 1 amide bonds. The zero-order chi connectivity index (χ0) is 32.5. The fourth-order valence-corrected chi connectivity index (χ4v) is 6.05. The summed E-state index contributed by atoms with van der Waals surface area (Å²) in [6.07, 6.45) is 0.832. The minimum absolute atomic E-state index is 0.0705. The number of hydrogen-bond donors (Lipinski definition) is 2. The van der Waals surface area contributed by atoms with Gasteiger partial charge in [-0.3, -0.25) is 4.79 Å². The molecule has 1 heterocycles. The fraction of sp³-hybridized carbons (Fsp3) is 0.200. The second-order valence-electron chi connectivity index (χ2n) is 11.6. The van der Waals surface area contributed by atoms with Gasteiger partial charge >= 0.3 is 0 Å². The first kappa shape index (κ1) is 32.0. The number of ether oxygens (including phenoxy) is 2. The molecule has 238 valence electrons. The van der Waals surface area contributed by atoms with Gasteiger partial charge < -0.3 is 19.9 Å². The van der Waals surface area contributed by atoms with Gasteiger partial charge in [0.2, 0.25) is 5.90 Å². The first-order chi connectivity index (χ1) is 23.0. The number of nitrogens with zero attached hydrogens (tertiary/aromatic N) is 1. The Morgan fingerprint density at radius 3 is 2.17 bits per heavy atom. The molecule has 0 spiro atoms. The van der Waals surface area contributed by atoms with Crippen molar-refractivity contribution in [2.75, 3.05) is 19.8 Å². The number of aliphatic imine (C=N–C) groups is 1. The van der Waals surface area contributed by atoms with Crippen LogP contribution in [-0.4, -0.2) is 42.2 Å². The molecule has 0 fully saturated rings. The Kier molecular flexibility index (Phi) is 10.3.